The number of nitrogens with one attached hydrogen (secondary N) is 1. The van der Waals surface area contributed by atoms with Crippen LogP contribution in [0.25, 0.3) is 22.4 Å². The molecule has 0 aliphatic carbocycles. The Labute approximate surface area is 155 Å². The number of carbonyl (C=O) groups is 2. The monoisotopic (exact) mass is 371 g/mol. The molecule has 3 rings (SSSR count). The highest BCUT2D eigenvalue weighted by molar-refractivity contribution is 6.08. The van der Waals surface area contributed by atoms with E-state index in [9.17, 15) is 14.7 Å². The lowest BCUT2D eigenvalue weighted by molar-refractivity contribution is -0.140. The largest absolute Gasteiger partial charge is 0.480 e. The minimum Gasteiger partial charge on any atom is -0.480 e. The maximum Gasteiger partial charge on any atom is 0.326 e. The number of rotatable bonds is 5. The fourth-order valence-electron chi connectivity index (χ4n) is 3.03. The number of aromatic nitrogens is 2. The van der Waals surface area contributed by atoms with Crippen LogP contribution in [0.1, 0.15) is 41.4 Å². The van der Waals surface area contributed by atoms with E-state index in [-0.39, 0.29) is 17.2 Å². The van der Waals surface area contributed by atoms with Gasteiger partial charge < -0.3 is 19.4 Å². The van der Waals surface area contributed by atoms with Crippen molar-refractivity contribution >= 4 is 23.0 Å². The molecule has 0 aliphatic heterocycles. The number of aryl methyl sites for hydroxylation is 3. The molecule has 3 aromatic rings. The van der Waals surface area contributed by atoms with Gasteiger partial charge in [-0.2, -0.15) is 0 Å². The molecule has 0 spiro atoms. The first-order valence-corrected chi connectivity index (χ1v) is 8.57. The number of carbonyl (C=O) groups excluding carboxylic acids is 1. The molecular weight excluding hydrogens is 350 g/mol. The Hall–Kier alpha value is -3.16. The van der Waals surface area contributed by atoms with Crippen LogP contribution in [0.2, 0.25) is 0 Å². The number of nitrogens with zero attached hydrogens (tertiary/aromatic N) is 2. The summed E-state index contributed by atoms with van der Waals surface area (Å²) in [6, 6.07) is 2.42. The van der Waals surface area contributed by atoms with E-state index in [1.54, 1.807) is 33.8 Å². The maximum atomic E-state index is 12.9. The van der Waals surface area contributed by atoms with Crippen molar-refractivity contribution in [1.82, 2.24) is 15.5 Å². The fourth-order valence-corrected chi connectivity index (χ4v) is 3.03. The summed E-state index contributed by atoms with van der Waals surface area (Å²) >= 11 is 0. The molecule has 0 aliphatic rings. The number of carboxylic acid groups (broad SMARTS) is 1. The van der Waals surface area contributed by atoms with E-state index in [4.69, 9.17) is 8.94 Å². The van der Waals surface area contributed by atoms with Gasteiger partial charge in [0.2, 0.25) is 0 Å². The van der Waals surface area contributed by atoms with Gasteiger partial charge in [0.05, 0.1) is 22.3 Å². The molecule has 0 aromatic carbocycles. The molecule has 142 valence electrons. The molecule has 0 bridgehead atoms. The Morgan fingerprint density at radius 2 is 1.89 bits per heavy atom. The van der Waals surface area contributed by atoms with Gasteiger partial charge in [0.15, 0.2) is 0 Å². The Balaban J connectivity index is 2.13. The standard InChI is InChI=1S/C19H21N3O5/c1-8(2)16(19(24)25)21-17(23)13-7-14(12-6-9(3)26-11(12)5)20-18-15(13)10(4)22-27-18/h6-8,16H,1-5H3,(H,21,23)(H,24,25)/t16-/m0/s1. The third-order valence-electron chi connectivity index (χ3n) is 4.40. The van der Waals surface area contributed by atoms with Gasteiger partial charge in [0, 0.05) is 5.56 Å². The lowest BCUT2D eigenvalue weighted by Crippen LogP contribution is -2.44. The summed E-state index contributed by atoms with van der Waals surface area (Å²) in [6.45, 7) is 8.79. The van der Waals surface area contributed by atoms with E-state index in [2.05, 4.69) is 15.5 Å². The van der Waals surface area contributed by atoms with Crippen LogP contribution in [-0.4, -0.2) is 33.2 Å². The zero-order valence-electron chi connectivity index (χ0n) is 15.8. The second-order valence-electron chi connectivity index (χ2n) is 6.86. The summed E-state index contributed by atoms with van der Waals surface area (Å²) in [7, 11) is 0. The zero-order valence-corrected chi connectivity index (χ0v) is 15.8. The zero-order chi connectivity index (χ0) is 19.9. The van der Waals surface area contributed by atoms with Gasteiger partial charge in [-0.3, -0.25) is 4.79 Å². The van der Waals surface area contributed by atoms with E-state index in [1.165, 1.54) is 0 Å². The van der Waals surface area contributed by atoms with Crippen molar-refractivity contribution in [3.8, 4) is 11.3 Å². The Bertz CT molecular complexity index is 1030. The second-order valence-corrected chi connectivity index (χ2v) is 6.86. The fraction of sp³-hybridized carbons (Fsp3) is 0.368. The van der Waals surface area contributed by atoms with Crippen molar-refractivity contribution in [1.29, 1.82) is 0 Å². The minimum atomic E-state index is -1.09. The molecule has 3 heterocycles. The molecular formula is C19H21N3O5. The third kappa shape index (κ3) is 3.42. The summed E-state index contributed by atoms with van der Waals surface area (Å²) in [5.74, 6) is -0.505. The molecule has 0 unspecified atom stereocenters. The average molecular weight is 371 g/mol. The molecule has 27 heavy (non-hydrogen) atoms. The van der Waals surface area contributed by atoms with Crippen molar-refractivity contribution in [3.63, 3.8) is 0 Å². The minimum absolute atomic E-state index is 0.213. The number of pyridine rings is 1. The average Bonchev–Trinajstić information content (AvgIpc) is 3.13. The smallest absolute Gasteiger partial charge is 0.326 e. The van der Waals surface area contributed by atoms with Crippen LogP contribution in [0.15, 0.2) is 21.1 Å². The van der Waals surface area contributed by atoms with Crippen LogP contribution in [0.3, 0.4) is 0 Å². The highest BCUT2D eigenvalue weighted by atomic mass is 16.5. The summed E-state index contributed by atoms with van der Waals surface area (Å²) in [6.07, 6.45) is 0. The number of carboxylic acids is 1. The molecule has 1 atom stereocenters. The van der Waals surface area contributed by atoms with Crippen LogP contribution in [0.5, 0.6) is 0 Å². The van der Waals surface area contributed by atoms with Gasteiger partial charge in [0.1, 0.15) is 17.6 Å². The molecule has 1 amide bonds. The predicted molar refractivity (Wildman–Crippen MR) is 97.4 cm³/mol. The molecule has 2 N–H and O–H groups in total. The first-order chi connectivity index (χ1) is 12.7. The normalized spacial score (nSPS) is 12.5. The van der Waals surface area contributed by atoms with Crippen molar-refractivity contribution in [2.75, 3.05) is 0 Å². The van der Waals surface area contributed by atoms with Crippen LogP contribution in [0.4, 0.5) is 0 Å². The lowest BCUT2D eigenvalue weighted by Gasteiger charge is -2.18. The summed E-state index contributed by atoms with van der Waals surface area (Å²) < 4.78 is 10.8. The Morgan fingerprint density at radius 3 is 2.44 bits per heavy atom. The van der Waals surface area contributed by atoms with Gasteiger partial charge in [0.25, 0.3) is 11.6 Å². The molecule has 8 heteroatoms. The van der Waals surface area contributed by atoms with E-state index in [1.807, 2.05) is 13.0 Å². The Morgan fingerprint density at radius 1 is 1.19 bits per heavy atom. The maximum absolute atomic E-state index is 12.9. The first-order valence-electron chi connectivity index (χ1n) is 8.57. The van der Waals surface area contributed by atoms with Gasteiger partial charge in [-0.05, 0) is 38.8 Å². The number of hydrogen-bond donors (Lipinski definition) is 2. The molecule has 0 saturated heterocycles. The quantitative estimate of drug-likeness (QED) is 0.706. The highest BCUT2D eigenvalue weighted by Gasteiger charge is 2.27. The number of furan rings is 1. The topological polar surface area (TPSA) is 118 Å². The van der Waals surface area contributed by atoms with E-state index in [0.717, 1.165) is 11.3 Å². The number of fused-ring (bicyclic) bond motifs is 1. The van der Waals surface area contributed by atoms with E-state index in [0.29, 0.717) is 22.5 Å². The summed E-state index contributed by atoms with van der Waals surface area (Å²) in [4.78, 5) is 28.8. The summed E-state index contributed by atoms with van der Waals surface area (Å²) in [5.41, 5.74) is 2.21. The molecule has 3 aromatic heterocycles. The van der Waals surface area contributed by atoms with Crippen molar-refractivity contribution in [2.24, 2.45) is 5.92 Å². The second kappa shape index (κ2) is 6.86. The third-order valence-corrected chi connectivity index (χ3v) is 4.40. The number of hydrogen-bond acceptors (Lipinski definition) is 6. The molecule has 0 radical (unpaired) electrons. The van der Waals surface area contributed by atoms with Crippen LogP contribution in [-0.2, 0) is 4.79 Å². The SMILES string of the molecule is Cc1cc(-c2cc(C(=O)N[C@H](C(=O)O)C(C)C)c3c(C)noc3n2)c(C)o1. The number of aliphatic carboxylic acids is 1. The molecule has 0 fully saturated rings. The van der Waals surface area contributed by atoms with Crippen LogP contribution >= 0.6 is 0 Å². The first kappa shape index (κ1) is 18.6. The summed E-state index contributed by atoms with van der Waals surface area (Å²) in [5, 5.41) is 16.3. The lowest BCUT2D eigenvalue weighted by atomic mass is 10.0. The van der Waals surface area contributed by atoms with Crippen LogP contribution < -0.4 is 5.32 Å². The van der Waals surface area contributed by atoms with Crippen molar-refractivity contribution in [2.45, 2.75) is 40.7 Å². The van der Waals surface area contributed by atoms with Gasteiger partial charge >= 0.3 is 5.97 Å². The predicted octanol–water partition coefficient (Wildman–Crippen LogP) is 3.25. The molecule has 0 saturated carbocycles. The van der Waals surface area contributed by atoms with Gasteiger partial charge in [-0.15, -0.1) is 0 Å². The van der Waals surface area contributed by atoms with E-state index < -0.39 is 17.9 Å². The van der Waals surface area contributed by atoms with Gasteiger partial charge in [-0.1, -0.05) is 19.0 Å². The number of amides is 1. The van der Waals surface area contributed by atoms with Gasteiger partial charge in [-0.25, -0.2) is 9.78 Å². The molecule has 8 nitrogen and oxygen atoms in total. The van der Waals surface area contributed by atoms with Crippen molar-refractivity contribution < 1.29 is 23.6 Å². The van der Waals surface area contributed by atoms with Crippen LogP contribution in [0, 0.1) is 26.7 Å². The Kier molecular flexibility index (Phi) is 4.73. The highest BCUT2D eigenvalue weighted by Crippen LogP contribution is 2.30. The van der Waals surface area contributed by atoms with Crippen molar-refractivity contribution in [3.05, 3.63) is 34.9 Å². The van der Waals surface area contributed by atoms with E-state index >= 15 is 0 Å².